The number of aliphatic hydroxyl groups excluding tert-OH is 2. The molecule has 0 aliphatic heterocycles. The molecule has 0 aromatic rings. The third-order valence-electron chi connectivity index (χ3n) is 10.2. The molecule has 0 aliphatic carbocycles. The van der Waals surface area contributed by atoms with Crippen molar-refractivity contribution in [2.75, 3.05) is 6.61 Å². The van der Waals surface area contributed by atoms with Gasteiger partial charge in [0.25, 0.3) is 0 Å². The molecule has 0 saturated carbocycles. The van der Waals surface area contributed by atoms with Crippen LogP contribution in [0.2, 0.25) is 0 Å². The number of amides is 1. The van der Waals surface area contributed by atoms with Crippen molar-refractivity contribution >= 4 is 5.91 Å². The Kier molecular flexibility index (Phi) is 40.3. The maximum absolute atomic E-state index is 12.4. The molecule has 2 unspecified atom stereocenters. The number of carbonyl (C=O) groups is 1. The van der Waals surface area contributed by atoms with Crippen LogP contribution in [0.5, 0.6) is 0 Å². The molecule has 0 aromatic carbocycles. The van der Waals surface area contributed by atoms with Crippen LogP contribution < -0.4 is 5.32 Å². The summed E-state index contributed by atoms with van der Waals surface area (Å²) >= 11 is 0. The second-order valence-corrected chi connectivity index (χ2v) is 15.1. The van der Waals surface area contributed by atoms with Gasteiger partial charge < -0.3 is 15.5 Å². The summed E-state index contributed by atoms with van der Waals surface area (Å²) in [5.74, 6) is -0.0433. The van der Waals surface area contributed by atoms with E-state index in [2.05, 4.69) is 43.5 Å². The van der Waals surface area contributed by atoms with E-state index in [9.17, 15) is 15.0 Å². The Morgan fingerprint density at radius 3 is 1.24 bits per heavy atom. The maximum atomic E-state index is 12.4. The van der Waals surface area contributed by atoms with Gasteiger partial charge in [0.05, 0.1) is 18.8 Å². The summed E-state index contributed by atoms with van der Waals surface area (Å²) in [6.07, 6.45) is 52.5. The minimum atomic E-state index is -0.663. The molecule has 0 fully saturated rings. The highest BCUT2D eigenvalue weighted by Crippen LogP contribution is 2.16. The number of aliphatic hydroxyl groups is 2. The van der Waals surface area contributed by atoms with Crippen LogP contribution >= 0.6 is 0 Å². The second kappa shape index (κ2) is 41.3. The molecule has 0 rings (SSSR count). The lowest BCUT2D eigenvalue weighted by Gasteiger charge is -2.22. The molecule has 4 heteroatoms. The number of allylic oxidation sites excluding steroid dienone is 4. The Balaban J connectivity index is 3.52. The summed E-state index contributed by atoms with van der Waals surface area (Å²) in [6, 6.07) is -0.541. The topological polar surface area (TPSA) is 69.6 Å². The fourth-order valence-electron chi connectivity index (χ4n) is 6.80. The normalized spacial score (nSPS) is 13.1. The quantitative estimate of drug-likeness (QED) is 0.0443. The van der Waals surface area contributed by atoms with Crippen LogP contribution in [0.1, 0.15) is 239 Å². The third kappa shape index (κ3) is 37.9. The molecule has 0 radical (unpaired) electrons. The standard InChI is InChI=1S/C45H87NO3/c1-3-5-7-9-11-13-15-17-19-21-22-23-24-25-26-28-30-32-34-36-38-40-44(48)43(42-47)46-45(49)41-39-37-35-33-31-29-27-20-18-16-14-12-10-8-6-4-2/h14,16,20,27,43-44,47-48H,3-13,15,17-19,21-26,28-42H2,1-2H3,(H,46,49)/b16-14-,27-20-. The Hall–Kier alpha value is -1.13. The van der Waals surface area contributed by atoms with E-state index < -0.39 is 12.1 Å². The zero-order chi connectivity index (χ0) is 35.7. The minimum Gasteiger partial charge on any atom is -0.394 e. The lowest BCUT2D eigenvalue weighted by Crippen LogP contribution is -2.45. The van der Waals surface area contributed by atoms with Gasteiger partial charge in [-0.15, -0.1) is 0 Å². The van der Waals surface area contributed by atoms with Crippen molar-refractivity contribution in [1.29, 1.82) is 0 Å². The van der Waals surface area contributed by atoms with E-state index >= 15 is 0 Å². The van der Waals surface area contributed by atoms with Crippen LogP contribution in [-0.2, 0) is 4.79 Å². The van der Waals surface area contributed by atoms with Crippen LogP contribution in [0, 0.1) is 0 Å². The molecule has 0 saturated heterocycles. The summed E-state index contributed by atoms with van der Waals surface area (Å²) < 4.78 is 0. The zero-order valence-electron chi connectivity index (χ0n) is 33.2. The van der Waals surface area contributed by atoms with Gasteiger partial charge in [-0.3, -0.25) is 4.79 Å². The van der Waals surface area contributed by atoms with Gasteiger partial charge in [-0.05, 0) is 44.9 Å². The average molecular weight is 690 g/mol. The van der Waals surface area contributed by atoms with Gasteiger partial charge in [0.2, 0.25) is 5.91 Å². The van der Waals surface area contributed by atoms with E-state index in [1.54, 1.807) is 0 Å². The minimum absolute atomic E-state index is 0.0433. The van der Waals surface area contributed by atoms with Crippen molar-refractivity contribution in [1.82, 2.24) is 5.32 Å². The summed E-state index contributed by atoms with van der Waals surface area (Å²) in [5, 5.41) is 23.2. The van der Waals surface area contributed by atoms with Crippen molar-refractivity contribution in [2.24, 2.45) is 0 Å². The molecular formula is C45H87NO3. The first kappa shape index (κ1) is 47.9. The number of hydrogen-bond donors (Lipinski definition) is 3. The number of rotatable bonds is 40. The first-order valence-corrected chi connectivity index (χ1v) is 22.0. The first-order chi connectivity index (χ1) is 24.2. The van der Waals surface area contributed by atoms with Gasteiger partial charge in [0, 0.05) is 6.42 Å². The average Bonchev–Trinajstić information content (AvgIpc) is 3.10. The summed E-state index contributed by atoms with van der Waals surface area (Å²) in [6.45, 7) is 4.35. The molecule has 0 heterocycles. The van der Waals surface area contributed by atoms with Crippen molar-refractivity contribution in [3.8, 4) is 0 Å². The van der Waals surface area contributed by atoms with E-state index in [0.717, 1.165) is 44.9 Å². The van der Waals surface area contributed by atoms with E-state index in [4.69, 9.17) is 0 Å². The Labute approximate surface area is 307 Å². The van der Waals surface area contributed by atoms with E-state index in [1.807, 2.05) is 0 Å². The van der Waals surface area contributed by atoms with Crippen molar-refractivity contribution in [3.05, 3.63) is 24.3 Å². The smallest absolute Gasteiger partial charge is 0.220 e. The number of unbranched alkanes of at least 4 members (excludes halogenated alkanes) is 29. The predicted molar refractivity (Wildman–Crippen MR) is 216 cm³/mol. The first-order valence-electron chi connectivity index (χ1n) is 22.0. The SMILES string of the molecule is CCCCCC/C=C\C/C=C\CCCCCCCC(=O)NC(CO)C(O)CCCCCCCCCCCCCCCCCCCCCCC. The molecule has 2 atom stereocenters. The molecule has 3 N–H and O–H groups in total. The lowest BCUT2D eigenvalue weighted by atomic mass is 10.0. The van der Waals surface area contributed by atoms with Crippen molar-refractivity contribution < 1.29 is 15.0 Å². The van der Waals surface area contributed by atoms with E-state index in [1.165, 1.54) is 167 Å². The monoisotopic (exact) mass is 690 g/mol. The highest BCUT2D eigenvalue weighted by molar-refractivity contribution is 5.76. The van der Waals surface area contributed by atoms with Crippen LogP contribution in [0.4, 0.5) is 0 Å². The number of hydrogen-bond acceptors (Lipinski definition) is 3. The zero-order valence-corrected chi connectivity index (χ0v) is 33.2. The summed E-state index contributed by atoms with van der Waals surface area (Å²) in [5.41, 5.74) is 0. The molecule has 0 bridgehead atoms. The van der Waals surface area contributed by atoms with Gasteiger partial charge in [-0.25, -0.2) is 0 Å². The van der Waals surface area contributed by atoms with E-state index in [-0.39, 0.29) is 12.5 Å². The lowest BCUT2D eigenvalue weighted by molar-refractivity contribution is -0.123. The highest BCUT2D eigenvalue weighted by atomic mass is 16.3. The van der Waals surface area contributed by atoms with Crippen molar-refractivity contribution in [2.45, 2.75) is 251 Å². The predicted octanol–water partition coefficient (Wildman–Crippen LogP) is 13.6. The summed E-state index contributed by atoms with van der Waals surface area (Å²) in [7, 11) is 0. The third-order valence-corrected chi connectivity index (χ3v) is 10.2. The van der Waals surface area contributed by atoms with Crippen LogP contribution in [-0.4, -0.2) is 34.9 Å². The highest BCUT2D eigenvalue weighted by Gasteiger charge is 2.20. The largest absolute Gasteiger partial charge is 0.394 e. The van der Waals surface area contributed by atoms with Crippen LogP contribution in [0.25, 0.3) is 0 Å². The Morgan fingerprint density at radius 1 is 0.490 bits per heavy atom. The molecular weight excluding hydrogens is 602 g/mol. The molecule has 1 amide bonds. The Morgan fingerprint density at radius 2 is 0.837 bits per heavy atom. The van der Waals surface area contributed by atoms with Gasteiger partial charge in [-0.2, -0.15) is 0 Å². The molecule has 290 valence electrons. The molecule has 0 spiro atoms. The van der Waals surface area contributed by atoms with Gasteiger partial charge >= 0.3 is 0 Å². The fraction of sp³-hybridized carbons (Fsp3) is 0.889. The van der Waals surface area contributed by atoms with Gasteiger partial charge in [0.1, 0.15) is 0 Å². The second-order valence-electron chi connectivity index (χ2n) is 15.1. The fourth-order valence-corrected chi connectivity index (χ4v) is 6.80. The van der Waals surface area contributed by atoms with Gasteiger partial charge in [-0.1, -0.05) is 212 Å². The molecule has 0 aromatic heterocycles. The van der Waals surface area contributed by atoms with Crippen molar-refractivity contribution in [3.63, 3.8) is 0 Å². The van der Waals surface area contributed by atoms with Crippen LogP contribution in [0.15, 0.2) is 24.3 Å². The number of nitrogens with one attached hydrogen (secondary N) is 1. The Bertz CT molecular complexity index is 705. The van der Waals surface area contributed by atoms with Crippen LogP contribution in [0.3, 0.4) is 0 Å². The van der Waals surface area contributed by atoms with E-state index in [0.29, 0.717) is 12.8 Å². The maximum Gasteiger partial charge on any atom is 0.220 e. The molecule has 4 nitrogen and oxygen atoms in total. The molecule has 0 aliphatic rings. The van der Waals surface area contributed by atoms with Gasteiger partial charge in [0.15, 0.2) is 0 Å². The number of carbonyl (C=O) groups excluding carboxylic acids is 1. The molecule has 49 heavy (non-hydrogen) atoms. The summed E-state index contributed by atoms with van der Waals surface area (Å²) in [4.78, 5) is 12.4.